The van der Waals surface area contributed by atoms with Crippen molar-refractivity contribution in [3.63, 3.8) is 0 Å². The zero-order valence-corrected chi connectivity index (χ0v) is 19.8. The molecule has 0 saturated heterocycles. The topological polar surface area (TPSA) is 80.0 Å². The first-order valence-corrected chi connectivity index (χ1v) is 11.7. The molecular weight excluding hydrogens is 416 g/mol. The zero-order chi connectivity index (χ0) is 23.4. The maximum Gasteiger partial charge on any atom is 0.240 e. The molecule has 1 aromatic heterocycles. The fourth-order valence-electron chi connectivity index (χ4n) is 4.18. The molecule has 1 atom stereocenters. The van der Waals surface area contributed by atoms with Gasteiger partial charge in [0.15, 0.2) is 5.58 Å². The molecule has 3 aromatic rings. The summed E-state index contributed by atoms with van der Waals surface area (Å²) in [5.41, 5.74) is 6.81. The van der Waals surface area contributed by atoms with E-state index in [2.05, 4.69) is 48.1 Å². The van der Waals surface area contributed by atoms with Crippen molar-refractivity contribution in [1.29, 1.82) is 0 Å². The van der Waals surface area contributed by atoms with Crippen LogP contribution in [-0.2, 0) is 4.79 Å². The minimum atomic E-state index is -0.0383. The van der Waals surface area contributed by atoms with Crippen molar-refractivity contribution >= 4 is 22.7 Å². The molecular formula is C26H32N4O3. The molecule has 0 spiro atoms. The number of likely N-dealkylation sites (N-methyl/N-ethyl adjacent to an activating group) is 1. The van der Waals surface area contributed by atoms with Crippen LogP contribution < -0.4 is 10.2 Å². The number of oxazole rings is 1. The highest BCUT2D eigenvalue weighted by molar-refractivity contribution is 6.07. The maximum absolute atomic E-state index is 11.7. The summed E-state index contributed by atoms with van der Waals surface area (Å²) in [6, 6.07) is 14.2. The molecule has 0 radical (unpaired) electrons. The lowest BCUT2D eigenvalue weighted by atomic mass is 9.90. The van der Waals surface area contributed by atoms with Crippen molar-refractivity contribution in [3.8, 4) is 17.2 Å². The Morgan fingerprint density at radius 2 is 1.91 bits per heavy atom. The van der Waals surface area contributed by atoms with E-state index in [1.807, 2.05) is 42.5 Å². The van der Waals surface area contributed by atoms with Crippen LogP contribution in [0.15, 0.2) is 52.0 Å². The standard InChI is InChI=1S/C26H32N4O3/c1-5-18-16-24(31)28-29-25(18)20-9-12-22-23(15-20)33-26(27-22)19-7-10-21(11-8-19)32-14-13-30(6-2)17(3)4/h7-12,15,17-18H,5-6,13-14,16H2,1-4H3,(H,28,31). The smallest absolute Gasteiger partial charge is 0.240 e. The Balaban J connectivity index is 1.47. The van der Waals surface area contributed by atoms with Crippen LogP contribution in [0.4, 0.5) is 0 Å². The first-order chi connectivity index (χ1) is 16.0. The Hall–Kier alpha value is -3.19. The number of rotatable bonds is 9. The summed E-state index contributed by atoms with van der Waals surface area (Å²) in [7, 11) is 0. The third-order valence-corrected chi connectivity index (χ3v) is 6.18. The van der Waals surface area contributed by atoms with Crippen LogP contribution in [0, 0.1) is 5.92 Å². The molecule has 2 aromatic carbocycles. The van der Waals surface area contributed by atoms with E-state index in [9.17, 15) is 4.79 Å². The van der Waals surface area contributed by atoms with Crippen LogP contribution in [0.2, 0.25) is 0 Å². The summed E-state index contributed by atoms with van der Waals surface area (Å²) in [6.07, 6.45) is 1.31. The van der Waals surface area contributed by atoms with Crippen LogP contribution in [0.3, 0.4) is 0 Å². The molecule has 7 heteroatoms. The molecule has 174 valence electrons. The third-order valence-electron chi connectivity index (χ3n) is 6.18. The van der Waals surface area contributed by atoms with Gasteiger partial charge in [-0.3, -0.25) is 9.69 Å². The quantitative estimate of drug-likeness (QED) is 0.506. The number of nitrogens with one attached hydrogen (secondary N) is 1. The predicted molar refractivity (Wildman–Crippen MR) is 130 cm³/mol. The Morgan fingerprint density at radius 1 is 1.15 bits per heavy atom. The summed E-state index contributed by atoms with van der Waals surface area (Å²) < 4.78 is 12.0. The van der Waals surface area contributed by atoms with Crippen molar-refractivity contribution in [3.05, 3.63) is 48.0 Å². The number of nitrogens with zero attached hydrogens (tertiary/aromatic N) is 3. The van der Waals surface area contributed by atoms with Crippen molar-refractivity contribution in [2.75, 3.05) is 19.7 Å². The molecule has 7 nitrogen and oxygen atoms in total. The van der Waals surface area contributed by atoms with Gasteiger partial charge in [0.05, 0.1) is 5.71 Å². The van der Waals surface area contributed by atoms with Crippen molar-refractivity contribution < 1.29 is 13.9 Å². The van der Waals surface area contributed by atoms with Gasteiger partial charge >= 0.3 is 0 Å². The molecule has 2 heterocycles. The summed E-state index contributed by atoms with van der Waals surface area (Å²) >= 11 is 0. The lowest BCUT2D eigenvalue weighted by molar-refractivity contribution is -0.122. The number of carbonyl (C=O) groups is 1. The molecule has 0 aliphatic carbocycles. The molecule has 0 bridgehead atoms. The Labute approximate surface area is 194 Å². The molecule has 1 aliphatic rings. The van der Waals surface area contributed by atoms with E-state index in [1.54, 1.807) is 0 Å². The van der Waals surface area contributed by atoms with Gasteiger partial charge in [-0.1, -0.05) is 19.9 Å². The van der Waals surface area contributed by atoms with E-state index in [-0.39, 0.29) is 11.8 Å². The molecule has 1 N–H and O–H groups in total. The van der Waals surface area contributed by atoms with Crippen LogP contribution in [0.1, 0.15) is 46.1 Å². The molecule has 1 aliphatic heterocycles. The summed E-state index contributed by atoms with van der Waals surface area (Å²) in [4.78, 5) is 18.7. The van der Waals surface area contributed by atoms with E-state index in [4.69, 9.17) is 9.15 Å². The molecule has 33 heavy (non-hydrogen) atoms. The van der Waals surface area contributed by atoms with Crippen LogP contribution in [0.25, 0.3) is 22.6 Å². The fourth-order valence-corrected chi connectivity index (χ4v) is 4.18. The maximum atomic E-state index is 11.7. The summed E-state index contributed by atoms with van der Waals surface area (Å²) in [5.74, 6) is 1.47. The molecule has 0 saturated carbocycles. The minimum absolute atomic E-state index is 0.0383. The highest BCUT2D eigenvalue weighted by Crippen LogP contribution is 2.28. The number of aromatic nitrogens is 1. The number of hydrazone groups is 1. The molecule has 1 amide bonds. The largest absolute Gasteiger partial charge is 0.492 e. The van der Waals surface area contributed by atoms with Crippen LogP contribution >= 0.6 is 0 Å². The molecule has 4 rings (SSSR count). The summed E-state index contributed by atoms with van der Waals surface area (Å²) in [5, 5.41) is 4.30. The Morgan fingerprint density at radius 3 is 2.61 bits per heavy atom. The van der Waals surface area contributed by atoms with Crippen molar-refractivity contribution in [2.24, 2.45) is 11.0 Å². The van der Waals surface area contributed by atoms with Gasteiger partial charge in [-0.25, -0.2) is 10.4 Å². The zero-order valence-electron chi connectivity index (χ0n) is 19.8. The number of benzene rings is 2. The third kappa shape index (κ3) is 5.25. The second-order valence-corrected chi connectivity index (χ2v) is 8.64. The highest BCUT2D eigenvalue weighted by atomic mass is 16.5. The van der Waals surface area contributed by atoms with Crippen LogP contribution in [-0.4, -0.2) is 47.2 Å². The van der Waals surface area contributed by atoms with Gasteiger partial charge in [-0.05, 0) is 63.2 Å². The van der Waals surface area contributed by atoms with Gasteiger partial charge in [0.25, 0.3) is 0 Å². The van der Waals surface area contributed by atoms with Gasteiger partial charge in [0, 0.05) is 36.1 Å². The number of ether oxygens (including phenoxy) is 1. The fraction of sp³-hybridized carbons (Fsp3) is 0.423. The summed E-state index contributed by atoms with van der Waals surface area (Å²) in [6.45, 7) is 11.2. The van der Waals surface area contributed by atoms with Gasteiger partial charge < -0.3 is 9.15 Å². The van der Waals surface area contributed by atoms with E-state index < -0.39 is 0 Å². The lowest BCUT2D eigenvalue weighted by Crippen LogP contribution is -2.34. The number of hydrogen-bond donors (Lipinski definition) is 1. The lowest BCUT2D eigenvalue weighted by Gasteiger charge is -2.24. The minimum Gasteiger partial charge on any atom is -0.492 e. The van der Waals surface area contributed by atoms with Gasteiger partial charge in [0.2, 0.25) is 11.8 Å². The predicted octanol–water partition coefficient (Wildman–Crippen LogP) is 4.85. The first kappa shape index (κ1) is 23.0. The van der Waals surface area contributed by atoms with Gasteiger partial charge in [0.1, 0.15) is 17.9 Å². The number of carbonyl (C=O) groups excluding carboxylic acids is 1. The van der Waals surface area contributed by atoms with E-state index in [0.29, 0.717) is 30.5 Å². The second kappa shape index (κ2) is 10.2. The van der Waals surface area contributed by atoms with Crippen molar-refractivity contribution in [1.82, 2.24) is 15.3 Å². The van der Waals surface area contributed by atoms with E-state index in [0.717, 1.165) is 47.6 Å². The van der Waals surface area contributed by atoms with Crippen molar-refractivity contribution in [2.45, 2.75) is 46.6 Å². The van der Waals surface area contributed by atoms with E-state index >= 15 is 0 Å². The highest BCUT2D eigenvalue weighted by Gasteiger charge is 2.24. The Kier molecular flexibility index (Phi) is 7.08. The number of amides is 1. The van der Waals surface area contributed by atoms with E-state index in [1.165, 1.54) is 0 Å². The number of fused-ring (bicyclic) bond motifs is 1. The second-order valence-electron chi connectivity index (χ2n) is 8.64. The molecule has 0 fully saturated rings. The van der Waals surface area contributed by atoms with Gasteiger partial charge in [-0.15, -0.1) is 0 Å². The van der Waals surface area contributed by atoms with Gasteiger partial charge in [-0.2, -0.15) is 5.10 Å². The SMILES string of the molecule is CCC1CC(=O)NN=C1c1ccc2nc(-c3ccc(OCCN(CC)C(C)C)cc3)oc2c1. The average Bonchev–Trinajstić information content (AvgIpc) is 3.25. The number of hydrogen-bond acceptors (Lipinski definition) is 6. The normalized spacial score (nSPS) is 16.4. The van der Waals surface area contributed by atoms with Crippen LogP contribution in [0.5, 0.6) is 5.75 Å². The first-order valence-electron chi connectivity index (χ1n) is 11.7. The average molecular weight is 449 g/mol. The molecule has 1 unspecified atom stereocenters. The monoisotopic (exact) mass is 448 g/mol. The Bertz CT molecular complexity index is 1130.